The fourth-order valence-electron chi connectivity index (χ4n) is 3.54. The number of hydrogen-bond acceptors (Lipinski definition) is 5. The summed E-state index contributed by atoms with van der Waals surface area (Å²) >= 11 is 6.12. The number of carbonyl (C=O) groups excluding carboxylic acids is 2. The largest absolute Gasteiger partial charge is 0.460 e. The van der Waals surface area contributed by atoms with Gasteiger partial charge in [-0.15, -0.1) is 0 Å². The van der Waals surface area contributed by atoms with Gasteiger partial charge in [0.25, 0.3) is 0 Å². The molecule has 0 amide bonds. The van der Waals surface area contributed by atoms with Gasteiger partial charge >= 0.3 is 11.9 Å². The SMILES string of the molecule is C[C@H](N[C@@H](Cc1ccc(-c2cccc(Cl)c2)cc1)C(=O)OCc1ccccc1)C(=O)OC(C)(C)C. The molecule has 35 heavy (non-hydrogen) atoms. The van der Waals surface area contributed by atoms with E-state index in [0.29, 0.717) is 11.4 Å². The van der Waals surface area contributed by atoms with Crippen molar-refractivity contribution in [3.8, 4) is 11.1 Å². The molecule has 0 spiro atoms. The van der Waals surface area contributed by atoms with Gasteiger partial charge in [0.05, 0.1) is 0 Å². The predicted octanol–water partition coefficient (Wildman–Crippen LogP) is 5.98. The van der Waals surface area contributed by atoms with Crippen molar-refractivity contribution in [1.29, 1.82) is 0 Å². The van der Waals surface area contributed by atoms with Gasteiger partial charge in [0.1, 0.15) is 24.3 Å². The van der Waals surface area contributed by atoms with Crippen LogP contribution < -0.4 is 5.32 Å². The summed E-state index contributed by atoms with van der Waals surface area (Å²) in [5.74, 6) is -0.849. The first-order valence-corrected chi connectivity index (χ1v) is 12.0. The van der Waals surface area contributed by atoms with Crippen LogP contribution in [0.25, 0.3) is 11.1 Å². The van der Waals surface area contributed by atoms with Crippen LogP contribution >= 0.6 is 11.6 Å². The monoisotopic (exact) mass is 493 g/mol. The first-order chi connectivity index (χ1) is 16.6. The highest BCUT2D eigenvalue weighted by molar-refractivity contribution is 6.30. The van der Waals surface area contributed by atoms with Gasteiger partial charge in [-0.25, -0.2) is 0 Å². The standard InChI is InChI=1S/C29H32ClNO4/c1-20(27(32)35-29(2,3)4)31-26(28(33)34-19-22-9-6-5-7-10-22)17-21-13-15-23(16-14-21)24-11-8-12-25(30)18-24/h5-16,18,20,26,31H,17,19H2,1-4H3/t20-,26-/m0/s1. The molecule has 0 aliphatic rings. The minimum atomic E-state index is -0.724. The summed E-state index contributed by atoms with van der Waals surface area (Å²) in [6.07, 6.45) is 0.358. The Balaban J connectivity index is 1.73. The van der Waals surface area contributed by atoms with Gasteiger partial charge in [0, 0.05) is 5.02 Å². The molecule has 1 N–H and O–H groups in total. The number of rotatable bonds is 9. The van der Waals surface area contributed by atoms with Crippen LogP contribution in [-0.2, 0) is 32.1 Å². The molecule has 0 radical (unpaired) electrons. The topological polar surface area (TPSA) is 64.6 Å². The van der Waals surface area contributed by atoms with Crippen LogP contribution in [0.2, 0.25) is 5.02 Å². The highest BCUT2D eigenvalue weighted by Gasteiger charge is 2.28. The van der Waals surface area contributed by atoms with E-state index in [1.165, 1.54) is 0 Å². The normalized spacial score (nSPS) is 13.1. The van der Waals surface area contributed by atoms with E-state index < -0.39 is 29.6 Å². The van der Waals surface area contributed by atoms with Crippen LogP contribution in [0.1, 0.15) is 38.8 Å². The molecule has 3 aromatic carbocycles. The Hall–Kier alpha value is -3.15. The quantitative estimate of drug-likeness (QED) is 0.371. The molecular formula is C29H32ClNO4. The lowest BCUT2D eigenvalue weighted by molar-refractivity contribution is -0.158. The van der Waals surface area contributed by atoms with Gasteiger partial charge in [0.2, 0.25) is 0 Å². The fourth-order valence-corrected chi connectivity index (χ4v) is 3.73. The second kappa shape index (κ2) is 12.0. The summed E-state index contributed by atoms with van der Waals surface area (Å²) < 4.78 is 11.1. The van der Waals surface area contributed by atoms with Gasteiger partial charge < -0.3 is 9.47 Å². The first-order valence-electron chi connectivity index (χ1n) is 11.6. The van der Waals surface area contributed by atoms with Crippen LogP contribution in [0, 0.1) is 0 Å². The minimum Gasteiger partial charge on any atom is -0.460 e. The number of nitrogens with one attached hydrogen (secondary N) is 1. The van der Waals surface area contributed by atoms with E-state index >= 15 is 0 Å². The average Bonchev–Trinajstić information content (AvgIpc) is 2.82. The maximum Gasteiger partial charge on any atom is 0.323 e. The predicted molar refractivity (Wildman–Crippen MR) is 139 cm³/mol. The van der Waals surface area contributed by atoms with Crippen molar-refractivity contribution in [2.45, 2.75) is 58.4 Å². The Kier molecular flexibility index (Phi) is 9.07. The molecule has 0 aliphatic heterocycles. The van der Waals surface area contributed by atoms with E-state index in [1.54, 1.807) is 6.92 Å². The smallest absolute Gasteiger partial charge is 0.323 e. The summed E-state index contributed by atoms with van der Waals surface area (Å²) in [5, 5.41) is 3.79. The van der Waals surface area contributed by atoms with E-state index in [1.807, 2.05) is 99.6 Å². The molecule has 2 atom stereocenters. The third kappa shape index (κ3) is 8.53. The van der Waals surface area contributed by atoms with E-state index in [-0.39, 0.29) is 6.61 Å². The Labute approximate surface area is 212 Å². The molecule has 0 aromatic heterocycles. The van der Waals surface area contributed by atoms with Gasteiger partial charge in [-0.05, 0) is 68.5 Å². The van der Waals surface area contributed by atoms with Crippen LogP contribution in [0.3, 0.4) is 0 Å². The maximum atomic E-state index is 13.0. The summed E-state index contributed by atoms with van der Waals surface area (Å²) in [7, 11) is 0. The van der Waals surface area contributed by atoms with Crippen molar-refractivity contribution in [2.75, 3.05) is 0 Å². The second-order valence-electron chi connectivity index (χ2n) is 9.48. The summed E-state index contributed by atoms with van der Waals surface area (Å²) in [4.78, 5) is 25.6. The van der Waals surface area contributed by atoms with Crippen molar-refractivity contribution in [3.63, 3.8) is 0 Å². The summed E-state index contributed by atoms with van der Waals surface area (Å²) in [5.41, 5.74) is 3.24. The highest BCUT2D eigenvalue weighted by Crippen LogP contribution is 2.23. The van der Waals surface area contributed by atoms with Crippen molar-refractivity contribution >= 4 is 23.5 Å². The molecule has 0 saturated heterocycles. The highest BCUT2D eigenvalue weighted by atomic mass is 35.5. The van der Waals surface area contributed by atoms with Crippen molar-refractivity contribution in [3.05, 3.63) is 95.0 Å². The van der Waals surface area contributed by atoms with E-state index in [4.69, 9.17) is 21.1 Å². The van der Waals surface area contributed by atoms with Crippen LogP contribution in [-0.4, -0.2) is 29.6 Å². The Morgan fingerprint density at radius 3 is 2.17 bits per heavy atom. The van der Waals surface area contributed by atoms with Crippen molar-refractivity contribution in [2.24, 2.45) is 0 Å². The van der Waals surface area contributed by atoms with Gasteiger partial charge in [-0.1, -0.05) is 78.3 Å². The number of carbonyl (C=O) groups is 2. The molecule has 0 unspecified atom stereocenters. The summed E-state index contributed by atoms with van der Waals surface area (Å²) in [6.45, 7) is 7.28. The molecule has 0 fully saturated rings. The van der Waals surface area contributed by atoms with Crippen LogP contribution in [0.5, 0.6) is 0 Å². The molecule has 184 valence electrons. The minimum absolute atomic E-state index is 0.159. The molecular weight excluding hydrogens is 462 g/mol. The van der Waals surface area contributed by atoms with E-state index in [0.717, 1.165) is 22.3 Å². The molecule has 5 nitrogen and oxygen atoms in total. The first kappa shape index (κ1) is 26.5. The molecule has 6 heteroatoms. The zero-order valence-electron chi connectivity index (χ0n) is 20.6. The number of ether oxygens (including phenoxy) is 2. The van der Waals surface area contributed by atoms with Crippen molar-refractivity contribution < 1.29 is 19.1 Å². The molecule has 0 saturated carbocycles. The molecule has 0 bridgehead atoms. The van der Waals surface area contributed by atoms with E-state index in [9.17, 15) is 9.59 Å². The molecule has 3 aromatic rings. The van der Waals surface area contributed by atoms with Crippen molar-refractivity contribution in [1.82, 2.24) is 5.32 Å². The zero-order chi connectivity index (χ0) is 25.4. The van der Waals surface area contributed by atoms with Crippen LogP contribution in [0.4, 0.5) is 0 Å². The lowest BCUT2D eigenvalue weighted by Crippen LogP contribution is -2.49. The van der Waals surface area contributed by atoms with Gasteiger partial charge in [0.15, 0.2) is 0 Å². The number of esters is 2. The summed E-state index contributed by atoms with van der Waals surface area (Å²) in [6, 6.07) is 23.6. The Morgan fingerprint density at radius 1 is 0.857 bits per heavy atom. The lowest BCUT2D eigenvalue weighted by atomic mass is 10.00. The fraction of sp³-hybridized carbons (Fsp3) is 0.310. The molecule has 0 heterocycles. The van der Waals surface area contributed by atoms with E-state index in [2.05, 4.69) is 5.32 Å². The molecule has 3 rings (SSSR count). The van der Waals surface area contributed by atoms with Gasteiger partial charge in [-0.2, -0.15) is 0 Å². The zero-order valence-corrected chi connectivity index (χ0v) is 21.3. The number of hydrogen-bond donors (Lipinski definition) is 1. The third-order valence-electron chi connectivity index (χ3n) is 5.27. The molecule has 0 aliphatic carbocycles. The number of benzene rings is 3. The second-order valence-corrected chi connectivity index (χ2v) is 9.92. The average molecular weight is 494 g/mol. The number of halogens is 1. The third-order valence-corrected chi connectivity index (χ3v) is 5.51. The maximum absolute atomic E-state index is 13.0. The Bertz CT molecular complexity index is 1120. The van der Waals surface area contributed by atoms with Gasteiger partial charge in [-0.3, -0.25) is 14.9 Å². The van der Waals surface area contributed by atoms with Crippen LogP contribution in [0.15, 0.2) is 78.9 Å². The lowest BCUT2D eigenvalue weighted by Gasteiger charge is -2.25. The Morgan fingerprint density at radius 2 is 1.54 bits per heavy atom.